The van der Waals surface area contributed by atoms with Gasteiger partial charge in [-0.1, -0.05) is 53.6 Å². The zero-order valence-corrected chi connectivity index (χ0v) is 13.0. The maximum atomic E-state index is 3.47. The molecule has 2 aromatic carbocycles. The van der Waals surface area contributed by atoms with E-state index >= 15 is 0 Å². The molecule has 1 N–H and O–H groups in total. The Labute approximate surface area is 123 Å². The second-order valence-corrected chi connectivity index (χ2v) is 5.73. The van der Waals surface area contributed by atoms with Crippen molar-refractivity contribution >= 4 is 0 Å². The fourth-order valence-corrected chi connectivity index (χ4v) is 2.77. The lowest BCUT2D eigenvalue weighted by atomic mass is 9.94. The highest BCUT2D eigenvalue weighted by Crippen LogP contribution is 2.23. The summed E-state index contributed by atoms with van der Waals surface area (Å²) in [5.41, 5.74) is 6.91. The Kier molecular flexibility index (Phi) is 4.97. The summed E-state index contributed by atoms with van der Waals surface area (Å²) < 4.78 is 0. The molecule has 0 fully saturated rings. The molecule has 1 unspecified atom stereocenters. The van der Waals surface area contributed by atoms with Crippen LogP contribution in [0.25, 0.3) is 0 Å². The van der Waals surface area contributed by atoms with Crippen LogP contribution in [-0.4, -0.2) is 7.05 Å². The third-order valence-corrected chi connectivity index (χ3v) is 3.96. The number of rotatable bonds is 5. The van der Waals surface area contributed by atoms with Gasteiger partial charge >= 0.3 is 0 Å². The minimum Gasteiger partial charge on any atom is -0.313 e. The molecule has 0 aliphatic rings. The molecule has 0 saturated carbocycles. The van der Waals surface area contributed by atoms with E-state index in [1.807, 2.05) is 0 Å². The molecule has 1 atom stereocenters. The lowest BCUT2D eigenvalue weighted by Crippen LogP contribution is -2.18. The van der Waals surface area contributed by atoms with Crippen LogP contribution in [0.3, 0.4) is 0 Å². The Morgan fingerprint density at radius 1 is 0.950 bits per heavy atom. The molecule has 0 spiro atoms. The van der Waals surface area contributed by atoms with E-state index in [0.29, 0.717) is 6.04 Å². The van der Waals surface area contributed by atoms with Crippen LogP contribution in [-0.2, 0) is 6.42 Å². The van der Waals surface area contributed by atoms with Gasteiger partial charge < -0.3 is 5.32 Å². The number of nitrogens with one attached hydrogen (secondary N) is 1. The molecule has 1 nitrogen and oxygen atoms in total. The lowest BCUT2D eigenvalue weighted by Gasteiger charge is -2.19. The number of aryl methyl sites for hydroxylation is 4. The van der Waals surface area contributed by atoms with Gasteiger partial charge in [-0.2, -0.15) is 0 Å². The predicted molar refractivity (Wildman–Crippen MR) is 87.2 cm³/mol. The third kappa shape index (κ3) is 3.71. The van der Waals surface area contributed by atoms with E-state index in [0.717, 1.165) is 12.8 Å². The molecular formula is C19H25N. The van der Waals surface area contributed by atoms with Gasteiger partial charge in [-0.05, 0) is 57.4 Å². The summed E-state index contributed by atoms with van der Waals surface area (Å²) in [7, 11) is 2.06. The summed E-state index contributed by atoms with van der Waals surface area (Å²) >= 11 is 0. The Balaban J connectivity index is 2.11. The van der Waals surface area contributed by atoms with Crippen molar-refractivity contribution in [2.75, 3.05) is 7.05 Å². The Morgan fingerprint density at radius 2 is 1.70 bits per heavy atom. The first kappa shape index (κ1) is 14.8. The highest BCUT2D eigenvalue weighted by molar-refractivity contribution is 5.33. The highest BCUT2D eigenvalue weighted by atomic mass is 14.9. The first-order chi connectivity index (χ1) is 9.60. The summed E-state index contributed by atoms with van der Waals surface area (Å²) in [5, 5.41) is 3.47. The van der Waals surface area contributed by atoms with E-state index < -0.39 is 0 Å². The van der Waals surface area contributed by atoms with E-state index in [-0.39, 0.29) is 0 Å². The molecule has 0 bridgehead atoms. The van der Waals surface area contributed by atoms with Gasteiger partial charge in [-0.3, -0.25) is 0 Å². The second-order valence-electron chi connectivity index (χ2n) is 5.73. The van der Waals surface area contributed by atoms with Crippen molar-refractivity contribution in [2.24, 2.45) is 0 Å². The quantitative estimate of drug-likeness (QED) is 0.840. The van der Waals surface area contributed by atoms with Gasteiger partial charge in [0.25, 0.3) is 0 Å². The molecule has 0 heterocycles. The molecule has 1 heteroatoms. The second kappa shape index (κ2) is 6.71. The molecule has 0 radical (unpaired) electrons. The monoisotopic (exact) mass is 267 g/mol. The first-order valence-corrected chi connectivity index (χ1v) is 7.40. The standard InChI is InChI=1S/C19H25N/c1-14-6-5-7-17(12-14)10-11-19(20-4)18-13-15(2)8-9-16(18)3/h5-9,12-13,19-20H,10-11H2,1-4H3. The van der Waals surface area contributed by atoms with Crippen molar-refractivity contribution in [1.82, 2.24) is 5.32 Å². The number of benzene rings is 2. The predicted octanol–water partition coefficient (Wildman–Crippen LogP) is 4.51. The SMILES string of the molecule is CNC(CCc1cccc(C)c1)c1cc(C)ccc1C. The van der Waals surface area contributed by atoms with Crippen molar-refractivity contribution < 1.29 is 0 Å². The number of hydrogen-bond donors (Lipinski definition) is 1. The zero-order valence-electron chi connectivity index (χ0n) is 13.0. The summed E-state index contributed by atoms with van der Waals surface area (Å²) in [6, 6.07) is 16.0. The average molecular weight is 267 g/mol. The Bertz CT molecular complexity index is 572. The summed E-state index contributed by atoms with van der Waals surface area (Å²) in [6.07, 6.45) is 2.24. The van der Waals surface area contributed by atoms with E-state index in [9.17, 15) is 0 Å². The molecule has 2 rings (SSSR count). The van der Waals surface area contributed by atoms with E-state index in [1.165, 1.54) is 27.8 Å². The van der Waals surface area contributed by atoms with Gasteiger partial charge in [0.15, 0.2) is 0 Å². The fraction of sp³-hybridized carbons (Fsp3) is 0.368. The van der Waals surface area contributed by atoms with Gasteiger partial charge in [0.05, 0.1) is 0 Å². The minimum absolute atomic E-state index is 0.426. The first-order valence-electron chi connectivity index (χ1n) is 7.40. The van der Waals surface area contributed by atoms with Crippen LogP contribution in [0.2, 0.25) is 0 Å². The fourth-order valence-electron chi connectivity index (χ4n) is 2.77. The smallest absolute Gasteiger partial charge is 0.0323 e. The molecule has 106 valence electrons. The highest BCUT2D eigenvalue weighted by Gasteiger charge is 2.12. The number of hydrogen-bond acceptors (Lipinski definition) is 1. The molecule has 0 aromatic heterocycles. The lowest BCUT2D eigenvalue weighted by molar-refractivity contribution is 0.546. The normalized spacial score (nSPS) is 12.4. The van der Waals surface area contributed by atoms with Crippen LogP contribution in [0.1, 0.15) is 40.3 Å². The average Bonchev–Trinajstić information content (AvgIpc) is 2.43. The molecule has 0 aliphatic carbocycles. The summed E-state index contributed by atoms with van der Waals surface area (Å²) in [4.78, 5) is 0. The van der Waals surface area contributed by atoms with Gasteiger partial charge in [0.2, 0.25) is 0 Å². The van der Waals surface area contributed by atoms with Crippen LogP contribution in [0.15, 0.2) is 42.5 Å². The van der Waals surface area contributed by atoms with Gasteiger partial charge in [-0.15, -0.1) is 0 Å². The van der Waals surface area contributed by atoms with E-state index in [2.05, 4.69) is 75.6 Å². The maximum Gasteiger partial charge on any atom is 0.0323 e. The largest absolute Gasteiger partial charge is 0.313 e. The van der Waals surface area contributed by atoms with Gasteiger partial charge in [0.1, 0.15) is 0 Å². The van der Waals surface area contributed by atoms with Crippen molar-refractivity contribution in [3.05, 3.63) is 70.3 Å². The van der Waals surface area contributed by atoms with Crippen molar-refractivity contribution in [1.29, 1.82) is 0 Å². The minimum atomic E-state index is 0.426. The van der Waals surface area contributed by atoms with E-state index in [1.54, 1.807) is 0 Å². The van der Waals surface area contributed by atoms with Crippen molar-refractivity contribution in [3.8, 4) is 0 Å². The van der Waals surface area contributed by atoms with Crippen LogP contribution < -0.4 is 5.32 Å². The zero-order chi connectivity index (χ0) is 14.5. The Hall–Kier alpha value is -1.60. The topological polar surface area (TPSA) is 12.0 Å². The third-order valence-electron chi connectivity index (χ3n) is 3.96. The van der Waals surface area contributed by atoms with Crippen LogP contribution in [0.4, 0.5) is 0 Å². The van der Waals surface area contributed by atoms with Crippen LogP contribution >= 0.6 is 0 Å². The molecule has 20 heavy (non-hydrogen) atoms. The molecule has 0 saturated heterocycles. The van der Waals surface area contributed by atoms with Crippen LogP contribution in [0, 0.1) is 20.8 Å². The van der Waals surface area contributed by atoms with Crippen molar-refractivity contribution in [3.63, 3.8) is 0 Å². The maximum absolute atomic E-state index is 3.47. The van der Waals surface area contributed by atoms with Crippen molar-refractivity contribution in [2.45, 2.75) is 39.7 Å². The molecular weight excluding hydrogens is 242 g/mol. The van der Waals surface area contributed by atoms with Crippen LogP contribution in [0.5, 0.6) is 0 Å². The Morgan fingerprint density at radius 3 is 2.40 bits per heavy atom. The summed E-state index contributed by atoms with van der Waals surface area (Å²) in [6.45, 7) is 6.52. The van der Waals surface area contributed by atoms with E-state index in [4.69, 9.17) is 0 Å². The van der Waals surface area contributed by atoms with Gasteiger partial charge in [0, 0.05) is 6.04 Å². The molecule has 0 amide bonds. The molecule has 0 aliphatic heterocycles. The van der Waals surface area contributed by atoms with Gasteiger partial charge in [-0.25, -0.2) is 0 Å². The molecule has 2 aromatic rings. The summed E-state index contributed by atoms with van der Waals surface area (Å²) in [5.74, 6) is 0.